The highest BCUT2D eigenvalue weighted by Crippen LogP contribution is 2.21. The molecule has 0 radical (unpaired) electrons. The van der Waals surface area contributed by atoms with E-state index in [4.69, 9.17) is 4.74 Å². The van der Waals surface area contributed by atoms with Gasteiger partial charge in [-0.05, 0) is 29.8 Å². The number of para-hydroxylation sites is 2. The minimum atomic E-state index is -0.598. The van der Waals surface area contributed by atoms with Crippen molar-refractivity contribution in [2.24, 2.45) is 0 Å². The second kappa shape index (κ2) is 7.21. The van der Waals surface area contributed by atoms with E-state index in [2.05, 4.69) is 5.32 Å². The second-order valence-corrected chi connectivity index (χ2v) is 4.53. The van der Waals surface area contributed by atoms with E-state index >= 15 is 0 Å². The number of anilines is 1. The Morgan fingerprint density at radius 2 is 1.77 bits per heavy atom. The van der Waals surface area contributed by atoms with Crippen LogP contribution in [0, 0.1) is 5.82 Å². The lowest BCUT2D eigenvalue weighted by Gasteiger charge is -2.08. The maximum atomic E-state index is 12.7. The van der Waals surface area contributed by atoms with Crippen LogP contribution in [0.3, 0.4) is 0 Å². The molecule has 2 aromatic rings. The maximum Gasteiger partial charge on any atom is 0.310 e. The minimum absolute atomic E-state index is 0.0514. The molecule has 2 aromatic carbocycles. The first-order chi connectivity index (χ1) is 10.5. The van der Waals surface area contributed by atoms with Crippen LogP contribution in [0.5, 0.6) is 5.75 Å². The zero-order valence-electron chi connectivity index (χ0n) is 11.6. The number of esters is 1. The van der Waals surface area contributed by atoms with Crippen LogP contribution in [0.2, 0.25) is 0 Å². The smallest absolute Gasteiger partial charge is 0.310 e. The molecule has 0 aromatic heterocycles. The fraction of sp³-hybridized carbons (Fsp3) is 0.125. The van der Waals surface area contributed by atoms with Gasteiger partial charge in [0.05, 0.1) is 12.1 Å². The summed E-state index contributed by atoms with van der Waals surface area (Å²) in [5.41, 5.74) is 0.828. The predicted molar refractivity (Wildman–Crippen MR) is 77.8 cm³/mol. The highest BCUT2D eigenvalue weighted by molar-refractivity contribution is 5.94. The van der Waals surface area contributed by atoms with Gasteiger partial charge in [0, 0.05) is 0 Å². The van der Waals surface area contributed by atoms with Crippen LogP contribution in [0.15, 0.2) is 48.5 Å². The molecule has 0 aliphatic rings. The van der Waals surface area contributed by atoms with E-state index in [1.54, 1.807) is 12.1 Å². The minimum Gasteiger partial charge on any atom is -0.506 e. The van der Waals surface area contributed by atoms with E-state index in [0.717, 1.165) is 0 Å². The lowest BCUT2D eigenvalue weighted by molar-refractivity contribution is -0.146. The molecule has 0 bridgehead atoms. The molecule has 0 heterocycles. The molecule has 2 N–H and O–H groups in total. The van der Waals surface area contributed by atoms with E-state index in [-0.39, 0.29) is 23.7 Å². The number of halogens is 1. The summed E-state index contributed by atoms with van der Waals surface area (Å²) < 4.78 is 17.6. The molecule has 0 atom stereocenters. The van der Waals surface area contributed by atoms with Crippen molar-refractivity contribution in [2.75, 3.05) is 11.9 Å². The Balaban J connectivity index is 1.79. The van der Waals surface area contributed by atoms with Crippen molar-refractivity contribution in [3.05, 3.63) is 59.9 Å². The van der Waals surface area contributed by atoms with Crippen molar-refractivity contribution >= 4 is 17.6 Å². The van der Waals surface area contributed by atoms with E-state index in [0.29, 0.717) is 5.56 Å². The number of benzene rings is 2. The molecule has 5 nitrogen and oxygen atoms in total. The fourth-order valence-corrected chi connectivity index (χ4v) is 1.73. The fourth-order valence-electron chi connectivity index (χ4n) is 1.73. The average molecular weight is 303 g/mol. The quantitative estimate of drug-likeness (QED) is 0.656. The Bertz CT molecular complexity index is 670. The summed E-state index contributed by atoms with van der Waals surface area (Å²) in [4.78, 5) is 23.2. The number of rotatable bonds is 5. The van der Waals surface area contributed by atoms with Crippen LogP contribution in [-0.4, -0.2) is 23.6 Å². The summed E-state index contributed by atoms with van der Waals surface area (Å²) in [6.45, 7) is -0.464. The number of phenolic OH excluding ortho intramolecular Hbond substituents is 1. The zero-order valence-corrected chi connectivity index (χ0v) is 11.6. The van der Waals surface area contributed by atoms with E-state index < -0.39 is 18.5 Å². The Kier molecular flexibility index (Phi) is 5.08. The molecule has 114 valence electrons. The largest absolute Gasteiger partial charge is 0.506 e. The number of nitrogens with one attached hydrogen (secondary N) is 1. The first-order valence-corrected chi connectivity index (χ1v) is 6.52. The van der Waals surface area contributed by atoms with Gasteiger partial charge in [0.25, 0.3) is 5.91 Å². The number of amides is 1. The van der Waals surface area contributed by atoms with Gasteiger partial charge in [-0.1, -0.05) is 24.3 Å². The highest BCUT2D eigenvalue weighted by atomic mass is 19.1. The molecule has 0 saturated heterocycles. The molecule has 0 unspecified atom stereocenters. The molecule has 0 aliphatic carbocycles. The SMILES string of the molecule is O=C(COC(=O)Cc1ccc(F)cc1)Nc1ccccc1O. The van der Waals surface area contributed by atoms with Gasteiger partial charge in [-0.15, -0.1) is 0 Å². The van der Waals surface area contributed by atoms with Crippen LogP contribution < -0.4 is 5.32 Å². The highest BCUT2D eigenvalue weighted by Gasteiger charge is 2.10. The van der Waals surface area contributed by atoms with Crippen LogP contribution in [0.4, 0.5) is 10.1 Å². The number of carbonyl (C=O) groups excluding carboxylic acids is 2. The third-order valence-corrected chi connectivity index (χ3v) is 2.80. The molecule has 0 saturated carbocycles. The van der Waals surface area contributed by atoms with Crippen molar-refractivity contribution in [1.29, 1.82) is 0 Å². The van der Waals surface area contributed by atoms with Gasteiger partial charge < -0.3 is 15.2 Å². The van der Waals surface area contributed by atoms with Crippen molar-refractivity contribution in [2.45, 2.75) is 6.42 Å². The van der Waals surface area contributed by atoms with Crippen molar-refractivity contribution in [1.82, 2.24) is 0 Å². The van der Waals surface area contributed by atoms with Gasteiger partial charge in [-0.25, -0.2) is 4.39 Å². The molecule has 0 fully saturated rings. The average Bonchev–Trinajstić information content (AvgIpc) is 2.50. The van der Waals surface area contributed by atoms with Crippen LogP contribution in [0.25, 0.3) is 0 Å². The van der Waals surface area contributed by atoms with Gasteiger partial charge >= 0.3 is 5.97 Å². The first-order valence-electron chi connectivity index (χ1n) is 6.52. The van der Waals surface area contributed by atoms with E-state index in [1.165, 1.54) is 36.4 Å². The lowest BCUT2D eigenvalue weighted by Crippen LogP contribution is -2.21. The summed E-state index contributed by atoms with van der Waals surface area (Å²) in [6.07, 6.45) is -0.0514. The Morgan fingerprint density at radius 3 is 2.45 bits per heavy atom. The number of hydrogen-bond donors (Lipinski definition) is 2. The molecule has 1 amide bonds. The van der Waals surface area contributed by atoms with Crippen molar-refractivity contribution < 1.29 is 23.8 Å². The van der Waals surface area contributed by atoms with Crippen LogP contribution in [-0.2, 0) is 20.7 Å². The van der Waals surface area contributed by atoms with E-state index in [9.17, 15) is 19.1 Å². The van der Waals surface area contributed by atoms with Gasteiger partial charge in [-0.2, -0.15) is 0 Å². The number of phenols is 1. The lowest BCUT2D eigenvalue weighted by atomic mass is 10.1. The third-order valence-electron chi connectivity index (χ3n) is 2.80. The molecule has 2 rings (SSSR count). The molecule has 0 aliphatic heterocycles. The predicted octanol–water partition coefficient (Wildman–Crippen LogP) is 2.26. The summed E-state index contributed by atoms with van der Waals surface area (Å²) in [5.74, 6) is -1.62. The molecule has 6 heteroatoms. The standard InChI is InChI=1S/C16H14FNO4/c17-12-7-5-11(6-8-12)9-16(21)22-10-15(20)18-13-3-1-2-4-14(13)19/h1-8,19H,9-10H2,(H,18,20). The van der Waals surface area contributed by atoms with Gasteiger partial charge in [0.1, 0.15) is 11.6 Å². The summed E-state index contributed by atoms with van der Waals surface area (Å²) >= 11 is 0. The van der Waals surface area contributed by atoms with Crippen molar-refractivity contribution in [3.8, 4) is 5.75 Å². The van der Waals surface area contributed by atoms with Gasteiger partial charge in [-0.3, -0.25) is 9.59 Å². The molecule has 0 spiro atoms. The number of hydrogen-bond acceptors (Lipinski definition) is 4. The first kappa shape index (κ1) is 15.5. The monoisotopic (exact) mass is 303 g/mol. The maximum absolute atomic E-state index is 12.7. The third kappa shape index (κ3) is 4.59. The number of carbonyl (C=O) groups is 2. The summed E-state index contributed by atoms with van der Waals surface area (Å²) in [7, 11) is 0. The molecular weight excluding hydrogens is 289 g/mol. The Hall–Kier alpha value is -2.89. The number of ether oxygens (including phenoxy) is 1. The van der Waals surface area contributed by atoms with Crippen LogP contribution >= 0.6 is 0 Å². The van der Waals surface area contributed by atoms with Gasteiger partial charge in [0.2, 0.25) is 0 Å². The normalized spacial score (nSPS) is 10.0. The molecular formula is C16H14FNO4. The number of aromatic hydroxyl groups is 1. The molecule has 22 heavy (non-hydrogen) atoms. The topological polar surface area (TPSA) is 75.6 Å². The Morgan fingerprint density at radius 1 is 1.09 bits per heavy atom. The Labute approximate surface area is 126 Å². The van der Waals surface area contributed by atoms with Crippen molar-refractivity contribution in [3.63, 3.8) is 0 Å². The second-order valence-electron chi connectivity index (χ2n) is 4.53. The zero-order chi connectivity index (χ0) is 15.9. The summed E-state index contributed by atoms with van der Waals surface area (Å²) in [5, 5.41) is 11.9. The van der Waals surface area contributed by atoms with Gasteiger partial charge in [0.15, 0.2) is 6.61 Å². The van der Waals surface area contributed by atoms with E-state index in [1.807, 2.05) is 0 Å². The summed E-state index contributed by atoms with van der Waals surface area (Å²) in [6, 6.07) is 11.6. The van der Waals surface area contributed by atoms with Crippen LogP contribution in [0.1, 0.15) is 5.56 Å².